The first kappa shape index (κ1) is 10.6. The Morgan fingerprint density at radius 2 is 2.00 bits per heavy atom. The molecular formula is C12H16FNO. The zero-order valence-corrected chi connectivity index (χ0v) is 8.62. The van der Waals surface area contributed by atoms with Crippen molar-refractivity contribution in [2.24, 2.45) is 0 Å². The van der Waals surface area contributed by atoms with Crippen molar-refractivity contribution in [3.05, 3.63) is 35.6 Å². The molecule has 3 heteroatoms. The number of aliphatic hydroxyl groups excluding tert-OH is 1. The molecule has 82 valence electrons. The molecule has 0 amide bonds. The van der Waals surface area contributed by atoms with E-state index in [1.165, 1.54) is 12.1 Å². The monoisotopic (exact) mass is 209 g/mol. The van der Waals surface area contributed by atoms with E-state index in [0.717, 1.165) is 24.8 Å². The summed E-state index contributed by atoms with van der Waals surface area (Å²) in [7, 11) is 0. The fraction of sp³-hybridized carbons (Fsp3) is 0.500. The van der Waals surface area contributed by atoms with E-state index in [2.05, 4.69) is 5.32 Å². The lowest BCUT2D eigenvalue weighted by atomic mass is 10.1. The molecule has 0 bridgehead atoms. The Labute approximate surface area is 89.1 Å². The molecular weight excluding hydrogens is 193 g/mol. The third kappa shape index (κ3) is 2.55. The average molecular weight is 209 g/mol. The van der Waals surface area contributed by atoms with Gasteiger partial charge in [-0.3, -0.25) is 0 Å². The summed E-state index contributed by atoms with van der Waals surface area (Å²) in [5.41, 5.74) is 1.14. The number of hydrogen-bond acceptors (Lipinski definition) is 2. The maximum Gasteiger partial charge on any atom is 0.123 e. The van der Waals surface area contributed by atoms with Crippen LogP contribution in [0.15, 0.2) is 24.3 Å². The van der Waals surface area contributed by atoms with Gasteiger partial charge in [0.2, 0.25) is 0 Å². The SMILES string of the molecule is OCC[C@@H]1CC[C@@H](c2ccc(F)cc2)N1. The van der Waals surface area contributed by atoms with Crippen molar-refractivity contribution in [3.8, 4) is 0 Å². The first-order chi connectivity index (χ1) is 7.29. The van der Waals surface area contributed by atoms with Crippen molar-refractivity contribution in [1.82, 2.24) is 5.32 Å². The molecule has 2 rings (SSSR count). The minimum Gasteiger partial charge on any atom is -0.396 e. The topological polar surface area (TPSA) is 32.3 Å². The highest BCUT2D eigenvalue weighted by Crippen LogP contribution is 2.27. The van der Waals surface area contributed by atoms with Gasteiger partial charge < -0.3 is 10.4 Å². The summed E-state index contributed by atoms with van der Waals surface area (Å²) in [4.78, 5) is 0. The molecule has 2 nitrogen and oxygen atoms in total. The van der Waals surface area contributed by atoms with Crippen LogP contribution < -0.4 is 5.32 Å². The molecule has 1 aliphatic rings. The Morgan fingerprint density at radius 3 is 2.67 bits per heavy atom. The van der Waals surface area contributed by atoms with Gasteiger partial charge in [-0.1, -0.05) is 12.1 Å². The van der Waals surface area contributed by atoms with Crippen LogP contribution in [0.4, 0.5) is 4.39 Å². The predicted octanol–water partition coefficient (Wildman–Crippen LogP) is 2.00. The van der Waals surface area contributed by atoms with Crippen LogP contribution in [0.2, 0.25) is 0 Å². The fourth-order valence-corrected chi connectivity index (χ4v) is 2.16. The number of halogens is 1. The van der Waals surface area contributed by atoms with Crippen LogP contribution in [0.25, 0.3) is 0 Å². The van der Waals surface area contributed by atoms with Gasteiger partial charge in [-0.15, -0.1) is 0 Å². The minimum absolute atomic E-state index is 0.191. The van der Waals surface area contributed by atoms with Crippen LogP contribution >= 0.6 is 0 Å². The summed E-state index contributed by atoms with van der Waals surface area (Å²) < 4.78 is 12.7. The summed E-state index contributed by atoms with van der Waals surface area (Å²) in [5, 5.41) is 12.3. The van der Waals surface area contributed by atoms with E-state index < -0.39 is 0 Å². The van der Waals surface area contributed by atoms with E-state index in [1.54, 1.807) is 0 Å². The van der Waals surface area contributed by atoms with Gasteiger partial charge in [-0.2, -0.15) is 0 Å². The van der Waals surface area contributed by atoms with E-state index in [0.29, 0.717) is 12.1 Å². The smallest absolute Gasteiger partial charge is 0.123 e. The Hall–Kier alpha value is -0.930. The molecule has 1 heterocycles. The van der Waals surface area contributed by atoms with Gasteiger partial charge in [0.15, 0.2) is 0 Å². The van der Waals surface area contributed by atoms with Crippen LogP contribution in [0, 0.1) is 5.82 Å². The van der Waals surface area contributed by atoms with Crippen molar-refractivity contribution < 1.29 is 9.50 Å². The van der Waals surface area contributed by atoms with Crippen molar-refractivity contribution >= 4 is 0 Å². The highest BCUT2D eigenvalue weighted by atomic mass is 19.1. The Balaban J connectivity index is 1.98. The maximum atomic E-state index is 12.7. The van der Waals surface area contributed by atoms with E-state index in [-0.39, 0.29) is 12.4 Å². The fourth-order valence-electron chi connectivity index (χ4n) is 2.16. The molecule has 0 aromatic heterocycles. The molecule has 1 fully saturated rings. The second kappa shape index (κ2) is 4.73. The van der Waals surface area contributed by atoms with Gasteiger partial charge in [-0.25, -0.2) is 4.39 Å². The molecule has 1 aromatic carbocycles. The Morgan fingerprint density at radius 1 is 1.27 bits per heavy atom. The largest absolute Gasteiger partial charge is 0.396 e. The highest BCUT2D eigenvalue weighted by Gasteiger charge is 2.23. The molecule has 0 aliphatic carbocycles. The number of benzene rings is 1. The van der Waals surface area contributed by atoms with Crippen molar-refractivity contribution in [2.45, 2.75) is 31.3 Å². The van der Waals surface area contributed by atoms with Crippen LogP contribution in [-0.4, -0.2) is 17.8 Å². The zero-order chi connectivity index (χ0) is 10.7. The minimum atomic E-state index is -0.191. The van der Waals surface area contributed by atoms with Gasteiger partial charge in [0.25, 0.3) is 0 Å². The summed E-state index contributed by atoms with van der Waals surface area (Å²) in [5.74, 6) is -0.191. The van der Waals surface area contributed by atoms with Crippen molar-refractivity contribution in [1.29, 1.82) is 0 Å². The molecule has 0 saturated carbocycles. The highest BCUT2D eigenvalue weighted by molar-refractivity contribution is 5.21. The van der Waals surface area contributed by atoms with Gasteiger partial charge in [0.1, 0.15) is 5.82 Å². The summed E-state index contributed by atoms with van der Waals surface area (Å²) in [6.45, 7) is 0.230. The Bertz CT molecular complexity index is 312. The number of rotatable bonds is 3. The lowest BCUT2D eigenvalue weighted by Crippen LogP contribution is -2.25. The molecule has 15 heavy (non-hydrogen) atoms. The Kier molecular flexibility index (Phi) is 3.34. The van der Waals surface area contributed by atoms with Crippen molar-refractivity contribution in [2.75, 3.05) is 6.61 Å². The maximum absolute atomic E-state index is 12.7. The lowest BCUT2D eigenvalue weighted by molar-refractivity contribution is 0.269. The average Bonchev–Trinajstić information content (AvgIpc) is 2.68. The predicted molar refractivity (Wildman–Crippen MR) is 57.0 cm³/mol. The lowest BCUT2D eigenvalue weighted by Gasteiger charge is -2.13. The molecule has 0 spiro atoms. The van der Waals surface area contributed by atoms with Crippen LogP contribution in [0.5, 0.6) is 0 Å². The van der Waals surface area contributed by atoms with Crippen LogP contribution in [0.3, 0.4) is 0 Å². The first-order valence-corrected chi connectivity index (χ1v) is 5.42. The third-order valence-electron chi connectivity index (χ3n) is 2.99. The van der Waals surface area contributed by atoms with E-state index in [9.17, 15) is 4.39 Å². The molecule has 2 atom stereocenters. The van der Waals surface area contributed by atoms with E-state index in [1.807, 2.05) is 12.1 Å². The number of nitrogens with one attached hydrogen (secondary N) is 1. The first-order valence-electron chi connectivity index (χ1n) is 5.42. The van der Waals surface area contributed by atoms with Crippen molar-refractivity contribution in [3.63, 3.8) is 0 Å². The van der Waals surface area contributed by atoms with E-state index >= 15 is 0 Å². The quantitative estimate of drug-likeness (QED) is 0.798. The number of hydrogen-bond donors (Lipinski definition) is 2. The van der Waals surface area contributed by atoms with Gasteiger partial charge in [0, 0.05) is 18.7 Å². The molecule has 2 N–H and O–H groups in total. The molecule has 1 aromatic rings. The number of aliphatic hydroxyl groups is 1. The van der Waals surface area contributed by atoms with Gasteiger partial charge in [0.05, 0.1) is 0 Å². The molecule has 1 saturated heterocycles. The summed E-state index contributed by atoms with van der Waals surface area (Å²) in [6.07, 6.45) is 2.95. The second-order valence-electron chi connectivity index (χ2n) is 4.06. The zero-order valence-electron chi connectivity index (χ0n) is 8.62. The molecule has 0 unspecified atom stereocenters. The molecule has 1 aliphatic heterocycles. The van der Waals surface area contributed by atoms with Gasteiger partial charge >= 0.3 is 0 Å². The summed E-state index contributed by atoms with van der Waals surface area (Å²) in [6, 6.07) is 7.38. The van der Waals surface area contributed by atoms with Crippen LogP contribution in [-0.2, 0) is 0 Å². The third-order valence-corrected chi connectivity index (χ3v) is 2.99. The van der Waals surface area contributed by atoms with E-state index in [4.69, 9.17) is 5.11 Å². The van der Waals surface area contributed by atoms with Gasteiger partial charge in [-0.05, 0) is 37.0 Å². The molecule has 0 radical (unpaired) electrons. The normalized spacial score (nSPS) is 25.7. The standard InChI is InChI=1S/C12H16FNO/c13-10-3-1-9(2-4-10)12-6-5-11(14-12)7-8-15/h1-4,11-12,14-15H,5-8H2/t11-,12-/m0/s1. The summed E-state index contributed by atoms with van der Waals surface area (Å²) >= 11 is 0. The second-order valence-corrected chi connectivity index (χ2v) is 4.06. The van der Waals surface area contributed by atoms with Crippen LogP contribution in [0.1, 0.15) is 30.9 Å².